The molecule has 6 heteroatoms. The van der Waals surface area contributed by atoms with Crippen molar-refractivity contribution in [1.82, 2.24) is 4.90 Å². The highest BCUT2D eigenvalue weighted by molar-refractivity contribution is 5.94. The largest absolute Gasteiger partial charge is 0.372 e. The summed E-state index contributed by atoms with van der Waals surface area (Å²) < 4.78 is 5.71. The highest BCUT2D eigenvalue weighted by Gasteiger charge is 2.26. The van der Waals surface area contributed by atoms with Crippen molar-refractivity contribution in [3.05, 3.63) is 65.2 Å². The second kappa shape index (κ2) is 9.76. The van der Waals surface area contributed by atoms with Gasteiger partial charge in [-0.1, -0.05) is 38.1 Å². The third-order valence-corrected chi connectivity index (χ3v) is 5.17. The fourth-order valence-corrected chi connectivity index (χ4v) is 3.62. The van der Waals surface area contributed by atoms with Crippen LogP contribution in [0.2, 0.25) is 0 Å². The van der Waals surface area contributed by atoms with E-state index in [1.54, 1.807) is 0 Å². The molecule has 1 aliphatic heterocycles. The van der Waals surface area contributed by atoms with Crippen LogP contribution in [0.5, 0.6) is 0 Å². The van der Waals surface area contributed by atoms with Gasteiger partial charge in [0.05, 0.1) is 18.8 Å². The molecule has 1 fully saturated rings. The lowest BCUT2D eigenvalue weighted by molar-refractivity contribution is -0.0586. The van der Waals surface area contributed by atoms with Gasteiger partial charge < -0.3 is 20.7 Å². The van der Waals surface area contributed by atoms with Crippen molar-refractivity contribution >= 4 is 17.6 Å². The molecule has 0 radical (unpaired) electrons. The first-order valence-electron chi connectivity index (χ1n) is 10.5. The molecular weight excluding hydrogens is 376 g/mol. The highest BCUT2D eigenvalue weighted by atomic mass is 16.5. The first-order valence-corrected chi connectivity index (χ1v) is 10.5. The summed E-state index contributed by atoms with van der Waals surface area (Å²) in [5.74, 6) is 0.862. The van der Waals surface area contributed by atoms with E-state index in [4.69, 9.17) is 10.5 Å². The SMILES string of the molecule is CC1CN(C(=O)c2ccc(CN=C(N)Nc3cccc(C(C)C)c3)cc2)CC(C)O1. The van der Waals surface area contributed by atoms with Crippen LogP contribution in [-0.2, 0) is 11.3 Å². The third kappa shape index (κ3) is 5.83. The maximum Gasteiger partial charge on any atom is 0.254 e. The van der Waals surface area contributed by atoms with E-state index in [0.717, 1.165) is 11.3 Å². The topological polar surface area (TPSA) is 80.0 Å². The predicted octanol–water partition coefficient (Wildman–Crippen LogP) is 3.99. The predicted molar refractivity (Wildman–Crippen MR) is 122 cm³/mol. The second-order valence-electron chi connectivity index (χ2n) is 8.27. The number of aliphatic imine (C=N–C) groups is 1. The van der Waals surface area contributed by atoms with Crippen LogP contribution in [0, 0.1) is 0 Å². The Bertz CT molecular complexity index is 882. The van der Waals surface area contributed by atoms with Gasteiger partial charge in [0.1, 0.15) is 0 Å². The van der Waals surface area contributed by atoms with E-state index in [0.29, 0.717) is 37.1 Å². The van der Waals surface area contributed by atoms with Crippen LogP contribution in [0.1, 0.15) is 55.1 Å². The number of anilines is 1. The van der Waals surface area contributed by atoms with Gasteiger partial charge in [0.2, 0.25) is 0 Å². The van der Waals surface area contributed by atoms with Crippen molar-refractivity contribution in [2.24, 2.45) is 10.7 Å². The van der Waals surface area contributed by atoms with E-state index < -0.39 is 0 Å². The molecule has 1 saturated heterocycles. The van der Waals surface area contributed by atoms with Gasteiger partial charge in [0, 0.05) is 24.3 Å². The molecule has 1 heterocycles. The molecule has 160 valence electrons. The molecule has 30 heavy (non-hydrogen) atoms. The fourth-order valence-electron chi connectivity index (χ4n) is 3.62. The third-order valence-electron chi connectivity index (χ3n) is 5.17. The number of nitrogens with one attached hydrogen (secondary N) is 1. The standard InChI is InChI=1S/C24H32N4O2/c1-16(2)21-6-5-7-22(12-21)27-24(25)26-13-19-8-10-20(11-9-19)23(29)28-14-17(3)30-18(4)15-28/h5-12,16-18H,13-15H2,1-4H3,(H3,25,26,27). The van der Waals surface area contributed by atoms with Crippen molar-refractivity contribution in [1.29, 1.82) is 0 Å². The Morgan fingerprint density at radius 3 is 2.47 bits per heavy atom. The van der Waals surface area contributed by atoms with Crippen molar-refractivity contribution in [3.63, 3.8) is 0 Å². The van der Waals surface area contributed by atoms with E-state index in [-0.39, 0.29) is 18.1 Å². The monoisotopic (exact) mass is 408 g/mol. The zero-order valence-electron chi connectivity index (χ0n) is 18.3. The Morgan fingerprint density at radius 1 is 1.17 bits per heavy atom. The number of hydrogen-bond acceptors (Lipinski definition) is 3. The van der Waals surface area contributed by atoms with Crippen LogP contribution in [0.15, 0.2) is 53.5 Å². The number of amides is 1. The van der Waals surface area contributed by atoms with E-state index in [2.05, 4.69) is 36.3 Å². The van der Waals surface area contributed by atoms with Gasteiger partial charge in [0.25, 0.3) is 5.91 Å². The quantitative estimate of drug-likeness (QED) is 0.579. The average molecular weight is 409 g/mol. The smallest absolute Gasteiger partial charge is 0.254 e. The number of guanidine groups is 1. The summed E-state index contributed by atoms with van der Waals surface area (Å²) in [6.07, 6.45) is 0.117. The minimum absolute atomic E-state index is 0.0401. The Kier molecular flexibility index (Phi) is 7.11. The van der Waals surface area contributed by atoms with Gasteiger partial charge in [-0.2, -0.15) is 0 Å². The summed E-state index contributed by atoms with van der Waals surface area (Å²) >= 11 is 0. The molecule has 0 spiro atoms. The van der Waals surface area contributed by atoms with Crippen LogP contribution < -0.4 is 11.1 Å². The summed E-state index contributed by atoms with van der Waals surface area (Å²) in [6.45, 7) is 9.99. The molecule has 2 aromatic carbocycles. The average Bonchev–Trinajstić information content (AvgIpc) is 2.71. The Morgan fingerprint density at radius 2 is 1.83 bits per heavy atom. The maximum atomic E-state index is 12.8. The molecule has 6 nitrogen and oxygen atoms in total. The van der Waals surface area contributed by atoms with Crippen LogP contribution in [0.4, 0.5) is 5.69 Å². The number of morpholine rings is 1. The van der Waals surface area contributed by atoms with E-state index in [1.807, 2.05) is 55.1 Å². The lowest BCUT2D eigenvalue weighted by atomic mass is 10.0. The van der Waals surface area contributed by atoms with Crippen LogP contribution in [0.25, 0.3) is 0 Å². The van der Waals surface area contributed by atoms with Gasteiger partial charge in [-0.05, 0) is 55.2 Å². The number of rotatable bonds is 5. The molecule has 2 unspecified atom stereocenters. The van der Waals surface area contributed by atoms with Crippen molar-refractivity contribution in [3.8, 4) is 0 Å². The molecule has 2 atom stereocenters. The molecule has 0 aliphatic carbocycles. The van der Waals surface area contributed by atoms with Crippen molar-refractivity contribution in [2.75, 3.05) is 18.4 Å². The molecule has 1 amide bonds. The molecule has 0 bridgehead atoms. The molecular formula is C24H32N4O2. The van der Waals surface area contributed by atoms with Crippen molar-refractivity contribution < 1.29 is 9.53 Å². The Balaban J connectivity index is 1.58. The van der Waals surface area contributed by atoms with Gasteiger partial charge in [-0.25, -0.2) is 4.99 Å². The lowest BCUT2D eigenvalue weighted by Crippen LogP contribution is -2.48. The minimum atomic E-state index is 0.0401. The lowest BCUT2D eigenvalue weighted by Gasteiger charge is -2.35. The summed E-state index contributed by atoms with van der Waals surface area (Å²) in [4.78, 5) is 19.0. The normalized spacial score (nSPS) is 19.8. The second-order valence-corrected chi connectivity index (χ2v) is 8.27. The Labute approximate surface area is 179 Å². The maximum absolute atomic E-state index is 12.8. The zero-order chi connectivity index (χ0) is 21.7. The van der Waals surface area contributed by atoms with Gasteiger partial charge in [0.15, 0.2) is 5.96 Å². The first-order chi connectivity index (χ1) is 14.3. The molecule has 0 aromatic heterocycles. The minimum Gasteiger partial charge on any atom is -0.372 e. The molecule has 1 aliphatic rings. The highest BCUT2D eigenvalue weighted by Crippen LogP contribution is 2.18. The summed E-state index contributed by atoms with van der Waals surface area (Å²) in [7, 11) is 0. The number of benzene rings is 2. The van der Waals surface area contributed by atoms with E-state index >= 15 is 0 Å². The fraction of sp³-hybridized carbons (Fsp3) is 0.417. The van der Waals surface area contributed by atoms with E-state index in [9.17, 15) is 4.79 Å². The summed E-state index contributed by atoms with van der Waals surface area (Å²) in [6, 6.07) is 15.7. The Hall–Kier alpha value is -2.86. The number of carbonyl (C=O) groups is 1. The van der Waals surface area contributed by atoms with Crippen LogP contribution in [0.3, 0.4) is 0 Å². The molecule has 3 rings (SSSR count). The number of ether oxygens (including phenoxy) is 1. The number of nitrogens with zero attached hydrogens (tertiary/aromatic N) is 2. The van der Waals surface area contributed by atoms with Gasteiger partial charge >= 0.3 is 0 Å². The number of hydrogen-bond donors (Lipinski definition) is 2. The van der Waals surface area contributed by atoms with Crippen LogP contribution in [-0.4, -0.2) is 42.1 Å². The first kappa shape index (κ1) is 21.8. The van der Waals surface area contributed by atoms with Crippen molar-refractivity contribution in [2.45, 2.75) is 52.4 Å². The number of nitrogens with two attached hydrogens (primary N) is 1. The molecule has 2 aromatic rings. The summed E-state index contributed by atoms with van der Waals surface area (Å²) in [5, 5.41) is 3.14. The molecule has 0 saturated carbocycles. The number of carbonyl (C=O) groups excluding carboxylic acids is 1. The summed E-state index contributed by atoms with van der Waals surface area (Å²) in [5.41, 5.74) is 9.90. The van der Waals surface area contributed by atoms with Gasteiger partial charge in [-0.15, -0.1) is 0 Å². The van der Waals surface area contributed by atoms with Gasteiger partial charge in [-0.3, -0.25) is 4.79 Å². The van der Waals surface area contributed by atoms with Crippen LogP contribution >= 0.6 is 0 Å². The zero-order valence-corrected chi connectivity index (χ0v) is 18.3. The molecule has 3 N–H and O–H groups in total. The van der Waals surface area contributed by atoms with E-state index in [1.165, 1.54) is 5.56 Å².